The van der Waals surface area contributed by atoms with Crippen LogP contribution in [-0.2, 0) is 39.8 Å². The lowest BCUT2D eigenvalue weighted by Gasteiger charge is -2.26. The molecule has 5 rings (SSSR count). The molecule has 0 saturated heterocycles. The summed E-state index contributed by atoms with van der Waals surface area (Å²) in [6.07, 6.45) is 0.174. The molecule has 0 aliphatic carbocycles. The summed E-state index contributed by atoms with van der Waals surface area (Å²) in [5.74, 6) is 7.78. The van der Waals surface area contributed by atoms with Gasteiger partial charge in [-0.2, -0.15) is 0 Å². The Balaban J connectivity index is 0.793. The fraction of sp³-hybridized carbons (Fsp3) is 0.400. The molecule has 3 aromatic carbocycles. The molecular formula is C40H46N6O8. The van der Waals surface area contributed by atoms with E-state index in [1.54, 1.807) is 11.8 Å². The zero-order valence-electron chi connectivity index (χ0n) is 30.5. The monoisotopic (exact) mass is 738 g/mol. The van der Waals surface area contributed by atoms with Crippen molar-refractivity contribution in [3.8, 4) is 29.0 Å². The second-order valence-electron chi connectivity index (χ2n) is 12.0. The maximum Gasteiger partial charge on any atom is 0.227 e. The molecule has 1 aliphatic rings. The molecule has 0 unspecified atom stereocenters. The molecule has 1 aliphatic heterocycles. The van der Waals surface area contributed by atoms with Gasteiger partial charge in [-0.15, -0.1) is 20.4 Å². The lowest BCUT2D eigenvalue weighted by molar-refractivity contribution is -0.125. The summed E-state index contributed by atoms with van der Waals surface area (Å²) in [5.41, 5.74) is 4.22. The predicted octanol–water partition coefficient (Wildman–Crippen LogP) is 3.55. The van der Waals surface area contributed by atoms with Gasteiger partial charge in [0.05, 0.1) is 78.3 Å². The molecule has 14 heteroatoms. The van der Waals surface area contributed by atoms with Crippen molar-refractivity contribution in [2.45, 2.75) is 26.3 Å². The fourth-order valence-corrected chi connectivity index (χ4v) is 5.21. The SMILES string of the molecule is Cc1nnc(-c2ccc(OCCOCCOCCOCCOCCOCCNC(=O)CCC(=O)N3Cc4ccccc4C#Cc4ccccc43)cc2)nn1. The molecular weight excluding hydrogens is 692 g/mol. The summed E-state index contributed by atoms with van der Waals surface area (Å²) in [6, 6.07) is 22.8. The van der Waals surface area contributed by atoms with E-state index in [2.05, 4.69) is 37.6 Å². The van der Waals surface area contributed by atoms with Crippen molar-refractivity contribution in [3.05, 3.63) is 95.3 Å². The third-order valence-corrected chi connectivity index (χ3v) is 7.98. The summed E-state index contributed by atoms with van der Waals surface area (Å²) in [4.78, 5) is 27.4. The van der Waals surface area contributed by atoms with E-state index in [0.717, 1.165) is 33.7 Å². The van der Waals surface area contributed by atoms with Crippen molar-refractivity contribution in [2.24, 2.45) is 0 Å². The van der Waals surface area contributed by atoms with E-state index in [9.17, 15) is 9.59 Å². The molecule has 0 spiro atoms. The van der Waals surface area contributed by atoms with Gasteiger partial charge in [0.1, 0.15) is 12.4 Å². The van der Waals surface area contributed by atoms with Crippen molar-refractivity contribution in [1.29, 1.82) is 0 Å². The average Bonchev–Trinajstić information content (AvgIpc) is 3.19. The number of ether oxygens (including phenoxy) is 6. The number of nitrogens with zero attached hydrogens (tertiary/aromatic N) is 5. The number of amides is 2. The van der Waals surface area contributed by atoms with Crippen LogP contribution in [0.4, 0.5) is 5.69 Å². The Morgan fingerprint density at radius 2 is 1.20 bits per heavy atom. The van der Waals surface area contributed by atoms with Crippen LogP contribution in [0.3, 0.4) is 0 Å². The molecule has 2 amide bonds. The molecule has 0 atom stereocenters. The Morgan fingerprint density at radius 3 is 1.87 bits per heavy atom. The maximum absolute atomic E-state index is 13.3. The van der Waals surface area contributed by atoms with Gasteiger partial charge in [0.15, 0.2) is 5.82 Å². The van der Waals surface area contributed by atoms with Gasteiger partial charge in [-0.1, -0.05) is 42.2 Å². The topological polar surface area (TPSA) is 156 Å². The van der Waals surface area contributed by atoms with E-state index in [0.29, 0.717) is 97.4 Å². The van der Waals surface area contributed by atoms with E-state index >= 15 is 0 Å². The Bertz CT molecular complexity index is 1810. The first-order valence-corrected chi connectivity index (χ1v) is 18.0. The highest BCUT2D eigenvalue weighted by molar-refractivity contribution is 5.96. The van der Waals surface area contributed by atoms with Crippen molar-refractivity contribution in [2.75, 3.05) is 84.1 Å². The van der Waals surface area contributed by atoms with Crippen LogP contribution in [0.15, 0.2) is 72.8 Å². The van der Waals surface area contributed by atoms with Crippen molar-refractivity contribution in [1.82, 2.24) is 25.7 Å². The number of benzene rings is 3. The second kappa shape index (κ2) is 22.7. The quantitative estimate of drug-likeness (QED) is 0.0874. The number of para-hydroxylation sites is 1. The minimum Gasteiger partial charge on any atom is -0.491 e. The summed E-state index contributed by atoms with van der Waals surface area (Å²) >= 11 is 0. The Hall–Kier alpha value is -5.30. The Morgan fingerprint density at radius 1 is 0.648 bits per heavy atom. The fourth-order valence-electron chi connectivity index (χ4n) is 5.21. The van der Waals surface area contributed by atoms with E-state index < -0.39 is 0 Å². The number of hydrogen-bond donors (Lipinski definition) is 1. The summed E-state index contributed by atoms with van der Waals surface area (Å²) < 4.78 is 33.3. The number of aryl methyl sites for hydroxylation is 1. The number of nitrogens with one attached hydrogen (secondary N) is 1. The van der Waals surface area contributed by atoms with E-state index in [-0.39, 0.29) is 24.7 Å². The van der Waals surface area contributed by atoms with E-state index in [1.165, 1.54) is 0 Å². The zero-order chi connectivity index (χ0) is 37.6. The Kier molecular flexibility index (Phi) is 16.8. The molecule has 0 bridgehead atoms. The molecule has 0 saturated carbocycles. The van der Waals surface area contributed by atoms with Gasteiger partial charge in [0.25, 0.3) is 0 Å². The van der Waals surface area contributed by atoms with Crippen molar-refractivity contribution < 1.29 is 38.0 Å². The number of hydrogen-bond acceptors (Lipinski definition) is 12. The standard InChI is InChI=1S/C40H46N6O8/c1-31-42-44-40(45-43-31)34-12-14-36(15-13-34)54-29-28-53-27-26-52-25-24-51-23-22-50-21-20-49-19-18-41-38(47)16-17-39(48)46-30-35-8-3-2-6-32(35)10-11-33-7-4-5-9-37(33)46/h2-9,12-15H,16-30H2,1H3,(H,41,47). The van der Waals surface area contributed by atoms with Crippen LogP contribution < -0.4 is 15.0 Å². The van der Waals surface area contributed by atoms with Crippen LogP contribution >= 0.6 is 0 Å². The molecule has 2 heterocycles. The summed E-state index contributed by atoms with van der Waals surface area (Å²) in [6.45, 7) is 7.22. The number of anilines is 1. The molecule has 284 valence electrons. The lowest BCUT2D eigenvalue weighted by Crippen LogP contribution is -2.34. The van der Waals surface area contributed by atoms with Gasteiger partial charge in [0.2, 0.25) is 17.6 Å². The molecule has 0 radical (unpaired) electrons. The number of fused-ring (bicyclic) bond motifs is 2. The van der Waals surface area contributed by atoms with E-state index in [4.69, 9.17) is 28.4 Å². The maximum atomic E-state index is 13.3. The minimum absolute atomic E-state index is 0.0862. The van der Waals surface area contributed by atoms with Gasteiger partial charge in [-0.25, -0.2) is 0 Å². The minimum atomic E-state index is -0.201. The smallest absolute Gasteiger partial charge is 0.227 e. The number of carbonyl (C=O) groups excluding carboxylic acids is 2. The largest absolute Gasteiger partial charge is 0.491 e. The van der Waals surface area contributed by atoms with Gasteiger partial charge in [0, 0.05) is 36.1 Å². The van der Waals surface area contributed by atoms with Gasteiger partial charge in [-0.05, 0) is 55.0 Å². The van der Waals surface area contributed by atoms with Crippen LogP contribution in [0.2, 0.25) is 0 Å². The summed E-state index contributed by atoms with van der Waals surface area (Å²) in [5, 5.41) is 18.7. The molecule has 1 N–H and O–H groups in total. The molecule has 54 heavy (non-hydrogen) atoms. The first-order chi connectivity index (χ1) is 26.6. The van der Waals surface area contributed by atoms with Crippen LogP contribution in [0.5, 0.6) is 5.75 Å². The molecule has 4 aromatic rings. The number of rotatable bonds is 23. The third kappa shape index (κ3) is 13.6. The highest BCUT2D eigenvalue weighted by atomic mass is 16.6. The predicted molar refractivity (Wildman–Crippen MR) is 200 cm³/mol. The first-order valence-electron chi connectivity index (χ1n) is 18.0. The van der Waals surface area contributed by atoms with Crippen LogP contribution in [0.25, 0.3) is 11.4 Å². The number of aromatic nitrogens is 4. The number of carbonyl (C=O) groups is 2. The third-order valence-electron chi connectivity index (χ3n) is 7.98. The van der Waals surface area contributed by atoms with E-state index in [1.807, 2.05) is 72.8 Å². The van der Waals surface area contributed by atoms with Gasteiger partial charge >= 0.3 is 0 Å². The highest BCUT2D eigenvalue weighted by Crippen LogP contribution is 2.26. The van der Waals surface area contributed by atoms with Crippen molar-refractivity contribution in [3.63, 3.8) is 0 Å². The van der Waals surface area contributed by atoms with Crippen LogP contribution in [-0.4, -0.2) is 111 Å². The highest BCUT2D eigenvalue weighted by Gasteiger charge is 2.21. The van der Waals surface area contributed by atoms with Crippen LogP contribution in [0.1, 0.15) is 35.4 Å². The first kappa shape index (κ1) is 39.9. The average molecular weight is 739 g/mol. The second-order valence-corrected chi connectivity index (χ2v) is 12.0. The van der Waals surface area contributed by atoms with Crippen molar-refractivity contribution >= 4 is 17.5 Å². The molecule has 0 fully saturated rings. The Labute approximate surface area is 315 Å². The van der Waals surface area contributed by atoms with Gasteiger partial charge < -0.3 is 38.6 Å². The van der Waals surface area contributed by atoms with Crippen LogP contribution in [0, 0.1) is 18.8 Å². The lowest BCUT2D eigenvalue weighted by atomic mass is 10.0. The normalized spacial score (nSPS) is 11.8. The molecule has 1 aromatic heterocycles. The summed E-state index contributed by atoms with van der Waals surface area (Å²) in [7, 11) is 0. The zero-order valence-corrected chi connectivity index (χ0v) is 30.5. The van der Waals surface area contributed by atoms with Gasteiger partial charge in [-0.3, -0.25) is 9.59 Å². The molecule has 14 nitrogen and oxygen atoms in total.